The number of anilines is 1. The molecule has 8 rings (SSSR count). The number of nitrogens with zero attached hydrogens (tertiary/aromatic N) is 5. The highest BCUT2D eigenvalue weighted by Gasteiger charge is 2.48. The summed E-state index contributed by atoms with van der Waals surface area (Å²) in [5, 5.41) is 15.5. The van der Waals surface area contributed by atoms with Crippen LogP contribution in [0.2, 0.25) is 0 Å². The lowest BCUT2D eigenvalue weighted by atomic mass is 9.93. The molecule has 2 bridgehead atoms. The number of pyridine rings is 1. The molecule has 11 heteroatoms. The Morgan fingerprint density at radius 1 is 1.23 bits per heavy atom. The molecular formula is C36H35F3N6O2. The first-order valence-electron chi connectivity index (χ1n) is 16.2. The Labute approximate surface area is 270 Å². The predicted molar refractivity (Wildman–Crippen MR) is 174 cm³/mol. The van der Waals surface area contributed by atoms with Gasteiger partial charge in [0.15, 0.2) is 5.82 Å². The van der Waals surface area contributed by atoms with Crippen molar-refractivity contribution >= 4 is 27.5 Å². The van der Waals surface area contributed by atoms with E-state index in [1.165, 1.54) is 30.5 Å². The Morgan fingerprint density at radius 2 is 2.11 bits per heavy atom. The number of terminal acetylenes is 1. The number of fused-ring (bicyclic) bond motifs is 5. The number of hydrogen-bond donors (Lipinski definition) is 2. The Balaban J connectivity index is 1.28. The van der Waals surface area contributed by atoms with E-state index in [1.54, 1.807) is 0 Å². The molecule has 4 saturated heterocycles. The molecule has 4 aliphatic heterocycles. The van der Waals surface area contributed by atoms with Crippen LogP contribution in [0.5, 0.6) is 11.8 Å². The summed E-state index contributed by atoms with van der Waals surface area (Å²) >= 11 is 0. The predicted octanol–water partition coefficient (Wildman–Crippen LogP) is 6.00. The number of phenols is 1. The lowest BCUT2D eigenvalue weighted by molar-refractivity contribution is 0.108. The van der Waals surface area contributed by atoms with Crippen LogP contribution in [0.25, 0.3) is 32.9 Å². The summed E-state index contributed by atoms with van der Waals surface area (Å²) in [5.41, 5.74) is 0.259. The third kappa shape index (κ3) is 4.80. The largest absolute Gasteiger partial charge is 0.508 e. The summed E-state index contributed by atoms with van der Waals surface area (Å²) in [4.78, 5) is 18.4. The van der Waals surface area contributed by atoms with Gasteiger partial charge in [-0.1, -0.05) is 18.9 Å². The standard InChI is InChI=1S/C36H35F3N6O2/c1-3-25-28(38)7-6-22-12-24(46)13-26(29(22)25)31-30(39)32-27(16-40-31)33(44-18-23-8-10-35(4-2,19-44)43-23)42-34(41-32)47-20-36-9-5-11-45(36)17-21(14-36)15-37/h1,6-7,12-13,15-16,23,43,46H,4-5,8-11,14,17-20H2,2H3/b21-15-/t23?,35?,36-/m0/s1. The molecule has 0 saturated carbocycles. The van der Waals surface area contributed by atoms with Crippen molar-refractivity contribution in [2.75, 3.05) is 37.7 Å². The summed E-state index contributed by atoms with van der Waals surface area (Å²) in [5.74, 6) is 1.37. The van der Waals surface area contributed by atoms with Crippen LogP contribution >= 0.6 is 0 Å². The second kappa shape index (κ2) is 11.1. The Bertz CT molecular complexity index is 2010. The fourth-order valence-corrected chi connectivity index (χ4v) is 8.46. The van der Waals surface area contributed by atoms with Crippen molar-refractivity contribution in [1.29, 1.82) is 0 Å². The summed E-state index contributed by atoms with van der Waals surface area (Å²) in [6, 6.07) is 5.78. The van der Waals surface area contributed by atoms with Crippen LogP contribution < -0.4 is 15.0 Å². The molecule has 3 atom stereocenters. The molecule has 47 heavy (non-hydrogen) atoms. The van der Waals surface area contributed by atoms with Gasteiger partial charge in [-0.2, -0.15) is 9.97 Å². The lowest BCUT2D eigenvalue weighted by Gasteiger charge is -2.42. The Hall–Kier alpha value is -4.40. The van der Waals surface area contributed by atoms with E-state index >= 15 is 4.39 Å². The van der Waals surface area contributed by atoms with E-state index in [0.29, 0.717) is 49.0 Å². The second-order valence-electron chi connectivity index (χ2n) is 13.5. The van der Waals surface area contributed by atoms with Gasteiger partial charge < -0.3 is 20.1 Å². The highest BCUT2D eigenvalue weighted by atomic mass is 19.1. The van der Waals surface area contributed by atoms with Crippen LogP contribution in [0.4, 0.5) is 19.0 Å². The van der Waals surface area contributed by atoms with Gasteiger partial charge in [-0.15, -0.1) is 6.42 Å². The minimum Gasteiger partial charge on any atom is -0.508 e. The van der Waals surface area contributed by atoms with E-state index in [1.807, 2.05) is 0 Å². The van der Waals surface area contributed by atoms with Crippen LogP contribution in [0.15, 0.2) is 42.4 Å². The van der Waals surface area contributed by atoms with Crippen LogP contribution in [-0.4, -0.2) is 74.9 Å². The van der Waals surface area contributed by atoms with Crippen molar-refractivity contribution < 1.29 is 23.0 Å². The number of aromatic nitrogens is 3. The molecule has 8 nitrogen and oxygen atoms in total. The van der Waals surface area contributed by atoms with Crippen molar-refractivity contribution in [3.05, 3.63) is 59.6 Å². The van der Waals surface area contributed by atoms with Crippen LogP contribution in [0, 0.1) is 24.0 Å². The van der Waals surface area contributed by atoms with E-state index in [9.17, 15) is 13.9 Å². The number of benzene rings is 2. The average molecular weight is 641 g/mol. The van der Waals surface area contributed by atoms with Gasteiger partial charge in [-0.05, 0) is 74.2 Å². The molecule has 2 unspecified atom stereocenters. The fourth-order valence-electron chi connectivity index (χ4n) is 8.46. The zero-order valence-electron chi connectivity index (χ0n) is 26.1. The zero-order valence-corrected chi connectivity index (χ0v) is 26.1. The SMILES string of the molecule is C#Cc1c(F)ccc2cc(O)cc(-c3ncc4c(N5CC6CCC(CC)(C5)N6)nc(OC[C@@]56CCCN5C/C(=C\F)C6)nc4c3F)c12. The number of rotatable bonds is 6. The zero-order chi connectivity index (χ0) is 32.5. The van der Waals surface area contributed by atoms with Crippen molar-refractivity contribution in [1.82, 2.24) is 25.2 Å². The molecule has 0 aliphatic carbocycles. The molecular weight excluding hydrogens is 605 g/mol. The highest BCUT2D eigenvalue weighted by Crippen LogP contribution is 2.43. The third-order valence-corrected chi connectivity index (χ3v) is 10.8. The molecule has 0 amide bonds. The van der Waals surface area contributed by atoms with E-state index < -0.39 is 11.6 Å². The fraction of sp³-hybridized carbons (Fsp3) is 0.417. The molecule has 4 aromatic rings. The maximum Gasteiger partial charge on any atom is 0.319 e. The van der Waals surface area contributed by atoms with Crippen LogP contribution in [0.1, 0.15) is 51.0 Å². The molecule has 242 valence electrons. The maximum absolute atomic E-state index is 16.9. The summed E-state index contributed by atoms with van der Waals surface area (Å²) in [7, 11) is 0. The smallest absolute Gasteiger partial charge is 0.319 e. The van der Waals surface area contributed by atoms with E-state index in [4.69, 9.17) is 16.1 Å². The monoisotopic (exact) mass is 640 g/mol. The van der Waals surface area contributed by atoms with Crippen molar-refractivity contribution in [3.8, 4) is 35.4 Å². The first-order valence-corrected chi connectivity index (χ1v) is 16.2. The molecule has 0 spiro atoms. The minimum atomic E-state index is -0.761. The molecule has 0 radical (unpaired) electrons. The van der Waals surface area contributed by atoms with Gasteiger partial charge in [0.05, 0.1) is 22.8 Å². The summed E-state index contributed by atoms with van der Waals surface area (Å²) < 4.78 is 51.7. The first kappa shape index (κ1) is 30.0. The van der Waals surface area contributed by atoms with Gasteiger partial charge in [-0.3, -0.25) is 9.88 Å². The van der Waals surface area contributed by atoms with Gasteiger partial charge >= 0.3 is 6.01 Å². The third-order valence-electron chi connectivity index (χ3n) is 10.8. The molecule has 4 fully saturated rings. The van der Waals surface area contributed by atoms with Crippen molar-refractivity contribution in [2.24, 2.45) is 0 Å². The Kier molecular flexibility index (Phi) is 7.08. The topological polar surface area (TPSA) is 86.6 Å². The quantitative estimate of drug-likeness (QED) is 0.248. The number of halogens is 3. The van der Waals surface area contributed by atoms with E-state index in [0.717, 1.165) is 44.2 Å². The van der Waals surface area contributed by atoms with Gasteiger partial charge in [0.1, 0.15) is 35.2 Å². The number of ether oxygens (including phenoxy) is 1. The highest BCUT2D eigenvalue weighted by molar-refractivity contribution is 6.03. The number of phenolic OH excluding ortho intramolecular Hbond substituents is 1. The second-order valence-corrected chi connectivity index (χ2v) is 13.5. The van der Waals surface area contributed by atoms with Crippen molar-refractivity contribution in [2.45, 2.75) is 62.6 Å². The minimum absolute atomic E-state index is 0.00174. The van der Waals surface area contributed by atoms with Crippen molar-refractivity contribution in [3.63, 3.8) is 0 Å². The van der Waals surface area contributed by atoms with Gasteiger partial charge in [0.2, 0.25) is 0 Å². The van der Waals surface area contributed by atoms with Crippen LogP contribution in [-0.2, 0) is 0 Å². The molecule has 4 aliphatic rings. The normalized spacial score (nSPS) is 26.4. The van der Waals surface area contributed by atoms with Crippen LogP contribution in [0.3, 0.4) is 0 Å². The number of piperazine rings is 1. The van der Waals surface area contributed by atoms with E-state index in [-0.39, 0.29) is 63.2 Å². The molecule has 2 aromatic heterocycles. The maximum atomic E-state index is 16.9. The Morgan fingerprint density at radius 3 is 2.91 bits per heavy atom. The molecule has 2 aromatic carbocycles. The average Bonchev–Trinajstić information content (AvgIpc) is 3.73. The number of hydrogen-bond acceptors (Lipinski definition) is 8. The van der Waals surface area contributed by atoms with Gasteiger partial charge in [0.25, 0.3) is 0 Å². The van der Waals surface area contributed by atoms with Gasteiger partial charge in [0, 0.05) is 48.4 Å². The molecule has 2 N–H and O–H groups in total. The summed E-state index contributed by atoms with van der Waals surface area (Å²) in [6.07, 6.45) is 13.3. The van der Waals surface area contributed by atoms with Gasteiger partial charge in [-0.25, -0.2) is 13.2 Å². The first-order chi connectivity index (χ1) is 22.7. The number of aromatic hydroxyl groups is 1. The summed E-state index contributed by atoms with van der Waals surface area (Å²) in [6.45, 7) is 5.18. The molecule has 6 heterocycles. The van der Waals surface area contributed by atoms with E-state index in [2.05, 4.69) is 37.9 Å². The number of nitrogens with one attached hydrogen (secondary N) is 1. The lowest BCUT2D eigenvalue weighted by Crippen LogP contribution is -2.59.